The van der Waals surface area contributed by atoms with Gasteiger partial charge in [0.15, 0.2) is 0 Å². The van der Waals surface area contributed by atoms with Crippen molar-refractivity contribution in [3.05, 3.63) is 57.6 Å². The highest BCUT2D eigenvalue weighted by Gasteiger charge is 2.04. The van der Waals surface area contributed by atoms with Crippen LogP contribution in [0.5, 0.6) is 0 Å². The summed E-state index contributed by atoms with van der Waals surface area (Å²) < 4.78 is 12.9. The molecule has 0 bridgehead atoms. The van der Waals surface area contributed by atoms with E-state index >= 15 is 0 Å². The Bertz CT molecular complexity index is 521. The quantitative estimate of drug-likeness (QED) is 0.843. The van der Waals surface area contributed by atoms with E-state index in [4.69, 9.17) is 23.2 Å². The molecule has 2 aromatic rings. The maximum Gasteiger partial charge on any atom is 0.129 e. The molecule has 1 heterocycles. The molecular formula is C13H11Cl2FN2. The van der Waals surface area contributed by atoms with Gasteiger partial charge in [-0.25, -0.2) is 9.37 Å². The predicted octanol–water partition coefficient (Wildman–Crippen LogP) is 4.45. The van der Waals surface area contributed by atoms with Crippen molar-refractivity contribution in [1.29, 1.82) is 0 Å². The minimum atomic E-state index is -0.340. The highest BCUT2D eigenvalue weighted by atomic mass is 35.5. The van der Waals surface area contributed by atoms with E-state index < -0.39 is 0 Å². The van der Waals surface area contributed by atoms with E-state index in [2.05, 4.69) is 10.3 Å². The van der Waals surface area contributed by atoms with E-state index in [1.807, 2.05) is 6.92 Å². The van der Waals surface area contributed by atoms with Gasteiger partial charge in [-0.15, -0.1) is 0 Å². The molecule has 1 N–H and O–H groups in total. The number of aryl methyl sites for hydroxylation is 1. The molecule has 0 aliphatic heterocycles. The average molecular weight is 285 g/mol. The summed E-state index contributed by atoms with van der Waals surface area (Å²) in [7, 11) is 0. The first-order valence-corrected chi connectivity index (χ1v) is 6.12. The third-order valence-electron chi connectivity index (χ3n) is 2.56. The van der Waals surface area contributed by atoms with Crippen molar-refractivity contribution in [3.63, 3.8) is 0 Å². The van der Waals surface area contributed by atoms with Gasteiger partial charge >= 0.3 is 0 Å². The Labute approximate surface area is 115 Å². The number of halogens is 3. The third-order valence-corrected chi connectivity index (χ3v) is 3.12. The van der Waals surface area contributed by atoms with Crippen molar-refractivity contribution in [2.45, 2.75) is 13.5 Å². The third kappa shape index (κ3) is 3.12. The van der Waals surface area contributed by atoms with Gasteiger partial charge < -0.3 is 5.32 Å². The van der Waals surface area contributed by atoms with Crippen LogP contribution in [0.4, 0.5) is 10.1 Å². The van der Waals surface area contributed by atoms with Crippen LogP contribution < -0.4 is 5.32 Å². The number of aromatic nitrogens is 1. The van der Waals surface area contributed by atoms with E-state index in [-0.39, 0.29) is 5.82 Å². The summed E-state index contributed by atoms with van der Waals surface area (Å²) in [5, 5.41) is 4.05. The summed E-state index contributed by atoms with van der Waals surface area (Å²) in [5.41, 5.74) is 2.69. The lowest BCUT2D eigenvalue weighted by Crippen LogP contribution is -2.02. The molecule has 0 aliphatic carbocycles. The van der Waals surface area contributed by atoms with Gasteiger partial charge in [-0.1, -0.05) is 29.3 Å². The fourth-order valence-electron chi connectivity index (χ4n) is 1.56. The molecule has 0 amide bonds. The SMILES string of the molecule is Cc1cc(Cl)ncc1NCc1ccc(F)cc1Cl. The Morgan fingerprint density at radius 1 is 1.28 bits per heavy atom. The lowest BCUT2D eigenvalue weighted by Gasteiger charge is -2.10. The Balaban J connectivity index is 2.11. The first-order chi connectivity index (χ1) is 8.56. The van der Waals surface area contributed by atoms with Crippen molar-refractivity contribution < 1.29 is 4.39 Å². The average Bonchev–Trinajstić information content (AvgIpc) is 2.30. The molecule has 0 spiro atoms. The Morgan fingerprint density at radius 3 is 2.72 bits per heavy atom. The maximum absolute atomic E-state index is 12.9. The molecule has 0 aliphatic rings. The van der Waals surface area contributed by atoms with E-state index in [1.54, 1.807) is 18.3 Å². The van der Waals surface area contributed by atoms with Gasteiger partial charge in [0.1, 0.15) is 11.0 Å². The number of anilines is 1. The van der Waals surface area contributed by atoms with Crippen LogP contribution in [0.2, 0.25) is 10.2 Å². The summed E-state index contributed by atoms with van der Waals surface area (Å²) in [4.78, 5) is 4.00. The fourth-order valence-corrected chi connectivity index (χ4v) is 2.01. The molecular weight excluding hydrogens is 274 g/mol. The minimum absolute atomic E-state index is 0.340. The normalized spacial score (nSPS) is 10.4. The van der Waals surface area contributed by atoms with E-state index in [0.717, 1.165) is 16.8 Å². The first-order valence-electron chi connectivity index (χ1n) is 5.36. The molecule has 1 aromatic carbocycles. The molecule has 94 valence electrons. The number of nitrogens with zero attached hydrogens (tertiary/aromatic N) is 1. The number of benzene rings is 1. The molecule has 18 heavy (non-hydrogen) atoms. The Kier molecular flexibility index (Phi) is 4.04. The smallest absolute Gasteiger partial charge is 0.129 e. The maximum atomic E-state index is 12.9. The zero-order chi connectivity index (χ0) is 13.1. The second kappa shape index (κ2) is 5.55. The molecule has 2 nitrogen and oxygen atoms in total. The number of nitrogens with one attached hydrogen (secondary N) is 1. The van der Waals surface area contributed by atoms with Gasteiger partial charge in [0.25, 0.3) is 0 Å². The molecule has 0 fully saturated rings. The monoisotopic (exact) mass is 284 g/mol. The summed E-state index contributed by atoms with van der Waals surface area (Å²) in [6.07, 6.45) is 1.66. The van der Waals surface area contributed by atoms with Crippen molar-refractivity contribution in [3.8, 4) is 0 Å². The molecule has 0 saturated heterocycles. The summed E-state index contributed by atoms with van der Waals surface area (Å²) in [6.45, 7) is 2.44. The van der Waals surface area contributed by atoms with Gasteiger partial charge in [-0.3, -0.25) is 0 Å². The van der Waals surface area contributed by atoms with Crippen LogP contribution in [0.3, 0.4) is 0 Å². The zero-order valence-electron chi connectivity index (χ0n) is 9.67. The molecule has 0 atom stereocenters. The molecule has 0 saturated carbocycles. The van der Waals surface area contributed by atoms with Crippen LogP contribution in [0.25, 0.3) is 0 Å². The minimum Gasteiger partial charge on any atom is -0.379 e. The van der Waals surface area contributed by atoms with Crippen molar-refractivity contribution in [2.75, 3.05) is 5.32 Å². The van der Waals surface area contributed by atoms with Gasteiger partial charge in [0.05, 0.1) is 11.9 Å². The van der Waals surface area contributed by atoms with Gasteiger partial charge in [-0.2, -0.15) is 0 Å². The molecule has 0 unspecified atom stereocenters. The largest absolute Gasteiger partial charge is 0.379 e. The van der Waals surface area contributed by atoms with Crippen LogP contribution in [0.1, 0.15) is 11.1 Å². The summed E-state index contributed by atoms with van der Waals surface area (Å²) in [6, 6.07) is 6.11. The molecule has 1 aromatic heterocycles. The second-order valence-corrected chi connectivity index (χ2v) is 4.71. The van der Waals surface area contributed by atoms with Crippen LogP contribution >= 0.6 is 23.2 Å². The summed E-state index contributed by atoms with van der Waals surface area (Å²) in [5.74, 6) is -0.340. The van der Waals surface area contributed by atoms with Gasteiger partial charge in [-0.05, 0) is 36.2 Å². The highest BCUT2D eigenvalue weighted by molar-refractivity contribution is 6.31. The van der Waals surface area contributed by atoms with Gasteiger partial charge in [0.2, 0.25) is 0 Å². The number of pyridine rings is 1. The molecule has 5 heteroatoms. The number of hydrogen-bond acceptors (Lipinski definition) is 2. The van der Waals surface area contributed by atoms with E-state index in [0.29, 0.717) is 16.7 Å². The zero-order valence-corrected chi connectivity index (χ0v) is 11.2. The highest BCUT2D eigenvalue weighted by Crippen LogP contribution is 2.21. The lowest BCUT2D eigenvalue weighted by atomic mass is 10.2. The number of rotatable bonds is 3. The van der Waals surface area contributed by atoms with Crippen LogP contribution in [-0.4, -0.2) is 4.98 Å². The van der Waals surface area contributed by atoms with Crippen LogP contribution in [0.15, 0.2) is 30.5 Å². The van der Waals surface area contributed by atoms with Crippen LogP contribution in [-0.2, 0) is 6.54 Å². The molecule has 0 radical (unpaired) electrons. The van der Waals surface area contributed by atoms with Crippen molar-refractivity contribution >= 4 is 28.9 Å². The van der Waals surface area contributed by atoms with E-state index in [1.165, 1.54) is 12.1 Å². The van der Waals surface area contributed by atoms with Crippen LogP contribution in [0, 0.1) is 12.7 Å². The topological polar surface area (TPSA) is 24.9 Å². The Morgan fingerprint density at radius 2 is 2.06 bits per heavy atom. The van der Waals surface area contributed by atoms with E-state index in [9.17, 15) is 4.39 Å². The fraction of sp³-hybridized carbons (Fsp3) is 0.154. The number of hydrogen-bond donors (Lipinski definition) is 1. The summed E-state index contributed by atoms with van der Waals surface area (Å²) >= 11 is 11.7. The Hall–Kier alpha value is -1.32. The standard InChI is InChI=1S/C13H11Cl2FN2/c1-8-4-13(15)18-7-12(8)17-6-9-2-3-10(16)5-11(9)14/h2-5,7,17H,6H2,1H3. The predicted molar refractivity (Wildman–Crippen MR) is 72.7 cm³/mol. The van der Waals surface area contributed by atoms with Gasteiger partial charge in [0, 0.05) is 11.6 Å². The lowest BCUT2D eigenvalue weighted by molar-refractivity contribution is 0.627. The molecule has 2 rings (SSSR count). The van der Waals surface area contributed by atoms with Crippen molar-refractivity contribution in [2.24, 2.45) is 0 Å². The first kappa shape index (κ1) is 13.1. The second-order valence-electron chi connectivity index (χ2n) is 3.91. The van der Waals surface area contributed by atoms with Crippen molar-refractivity contribution in [1.82, 2.24) is 4.98 Å².